The maximum Gasteiger partial charge on any atom is 0.339 e. The van der Waals surface area contributed by atoms with Gasteiger partial charge in [-0.2, -0.15) is 0 Å². The first-order valence-electron chi connectivity index (χ1n) is 5.66. The molecule has 1 unspecified atom stereocenters. The zero-order chi connectivity index (χ0) is 11.6. The second kappa shape index (κ2) is 4.26. The normalized spacial score (nSPS) is 23.8. The highest BCUT2D eigenvalue weighted by Gasteiger charge is 2.38. The fourth-order valence-corrected chi connectivity index (χ4v) is 2.25. The van der Waals surface area contributed by atoms with E-state index in [0.29, 0.717) is 12.1 Å². The third kappa shape index (κ3) is 1.83. The fourth-order valence-electron chi connectivity index (χ4n) is 2.25. The number of benzene rings is 1. The van der Waals surface area contributed by atoms with Crippen LogP contribution in [-0.4, -0.2) is 25.2 Å². The highest BCUT2D eigenvalue weighted by atomic mass is 16.6. The Morgan fingerprint density at radius 3 is 2.88 bits per heavy atom. The van der Waals surface area contributed by atoms with Crippen molar-refractivity contribution >= 4 is 5.97 Å². The number of cyclic esters (lactones) is 1. The third-order valence-corrected chi connectivity index (χ3v) is 3.20. The van der Waals surface area contributed by atoms with Crippen molar-refractivity contribution in [3.63, 3.8) is 0 Å². The van der Waals surface area contributed by atoms with Crippen LogP contribution in [0.3, 0.4) is 0 Å². The Bertz CT molecular complexity index is 403. The van der Waals surface area contributed by atoms with Crippen molar-refractivity contribution in [3.8, 4) is 0 Å². The zero-order valence-electron chi connectivity index (χ0n) is 9.75. The largest absolute Gasteiger partial charge is 0.454 e. The van der Waals surface area contributed by atoms with E-state index in [1.165, 1.54) is 0 Å². The molecule has 0 bridgehead atoms. The molecule has 0 amide bonds. The number of hydrogen-bond acceptors (Lipinski definition) is 3. The Labute approximate surface area is 95.8 Å². The molecule has 1 aliphatic rings. The molecule has 1 atom stereocenters. The number of esters is 1. The lowest BCUT2D eigenvalue weighted by Gasteiger charge is -2.36. The van der Waals surface area contributed by atoms with E-state index in [1.54, 1.807) is 0 Å². The molecule has 2 rings (SSSR count). The summed E-state index contributed by atoms with van der Waals surface area (Å²) in [4.78, 5) is 11.9. The molecule has 0 saturated heterocycles. The van der Waals surface area contributed by atoms with Gasteiger partial charge in [-0.15, -0.1) is 0 Å². The van der Waals surface area contributed by atoms with Crippen LogP contribution < -0.4 is 5.32 Å². The molecule has 1 aliphatic heterocycles. The highest BCUT2D eigenvalue weighted by Crippen LogP contribution is 2.30. The van der Waals surface area contributed by atoms with Gasteiger partial charge in [-0.3, -0.25) is 0 Å². The molecule has 0 aliphatic carbocycles. The van der Waals surface area contributed by atoms with Gasteiger partial charge in [0, 0.05) is 13.0 Å². The second-order valence-corrected chi connectivity index (χ2v) is 4.29. The minimum atomic E-state index is -0.375. The Hall–Kier alpha value is -1.35. The first kappa shape index (κ1) is 11.1. The lowest BCUT2D eigenvalue weighted by atomic mass is 9.86. The summed E-state index contributed by atoms with van der Waals surface area (Å²) >= 11 is 0. The molecular formula is C13H17NO2. The van der Waals surface area contributed by atoms with Crippen molar-refractivity contribution in [2.45, 2.75) is 25.4 Å². The van der Waals surface area contributed by atoms with Crippen LogP contribution in [0.15, 0.2) is 24.3 Å². The summed E-state index contributed by atoms with van der Waals surface area (Å²) in [5, 5.41) is 3.10. The minimum Gasteiger partial charge on any atom is -0.454 e. The lowest BCUT2D eigenvalue weighted by Crippen LogP contribution is -2.48. The van der Waals surface area contributed by atoms with E-state index in [1.807, 2.05) is 31.3 Å². The van der Waals surface area contributed by atoms with Gasteiger partial charge < -0.3 is 10.1 Å². The minimum absolute atomic E-state index is 0.195. The van der Waals surface area contributed by atoms with Crippen molar-refractivity contribution in [2.24, 2.45) is 0 Å². The molecule has 16 heavy (non-hydrogen) atoms. The van der Waals surface area contributed by atoms with E-state index in [0.717, 1.165) is 18.4 Å². The van der Waals surface area contributed by atoms with Crippen LogP contribution in [0.25, 0.3) is 0 Å². The molecule has 1 N–H and O–H groups in total. The van der Waals surface area contributed by atoms with Gasteiger partial charge in [-0.25, -0.2) is 4.79 Å². The van der Waals surface area contributed by atoms with E-state index in [4.69, 9.17) is 4.74 Å². The van der Waals surface area contributed by atoms with Gasteiger partial charge in [-0.05, 0) is 25.1 Å². The van der Waals surface area contributed by atoms with Crippen molar-refractivity contribution in [1.29, 1.82) is 0 Å². The average Bonchev–Trinajstić information content (AvgIpc) is 2.29. The summed E-state index contributed by atoms with van der Waals surface area (Å²) in [7, 11) is 1.88. The number of nitrogens with one attached hydrogen (secondary N) is 1. The van der Waals surface area contributed by atoms with Crippen LogP contribution in [0.2, 0.25) is 0 Å². The standard InChI is InChI=1S/C13H17NO2/c1-3-13(9-14-2)8-10-6-4-5-7-11(10)12(15)16-13/h4-7,14H,3,8-9H2,1-2H3. The predicted molar refractivity (Wildman–Crippen MR) is 62.5 cm³/mol. The van der Waals surface area contributed by atoms with E-state index in [9.17, 15) is 4.79 Å². The van der Waals surface area contributed by atoms with Crippen LogP contribution in [0.1, 0.15) is 29.3 Å². The molecule has 0 fully saturated rings. The lowest BCUT2D eigenvalue weighted by molar-refractivity contribution is -0.0253. The number of hydrogen-bond donors (Lipinski definition) is 1. The summed E-state index contributed by atoms with van der Waals surface area (Å²) in [5.74, 6) is -0.195. The molecule has 3 heteroatoms. The maximum atomic E-state index is 11.9. The van der Waals surface area contributed by atoms with Crippen molar-refractivity contribution < 1.29 is 9.53 Å². The SMILES string of the molecule is CCC1(CNC)Cc2ccccc2C(=O)O1. The summed E-state index contributed by atoms with van der Waals surface area (Å²) in [6.45, 7) is 2.75. The quantitative estimate of drug-likeness (QED) is 0.787. The summed E-state index contributed by atoms with van der Waals surface area (Å²) in [5.41, 5.74) is 1.43. The van der Waals surface area contributed by atoms with E-state index < -0.39 is 0 Å². The number of carbonyl (C=O) groups is 1. The van der Waals surface area contributed by atoms with E-state index >= 15 is 0 Å². The Balaban J connectivity index is 2.35. The smallest absolute Gasteiger partial charge is 0.339 e. The maximum absolute atomic E-state index is 11.9. The third-order valence-electron chi connectivity index (χ3n) is 3.20. The molecule has 1 aromatic rings. The first-order valence-corrected chi connectivity index (χ1v) is 5.66. The molecule has 0 spiro atoms. The molecular weight excluding hydrogens is 202 g/mol. The van der Waals surface area contributed by atoms with Crippen molar-refractivity contribution in [3.05, 3.63) is 35.4 Å². The van der Waals surface area contributed by atoms with Crippen LogP contribution in [0.5, 0.6) is 0 Å². The van der Waals surface area contributed by atoms with Gasteiger partial charge in [-0.1, -0.05) is 25.1 Å². The molecule has 86 valence electrons. The predicted octanol–water partition coefficient (Wildman–Crippen LogP) is 1.77. The van der Waals surface area contributed by atoms with Crippen molar-refractivity contribution in [2.75, 3.05) is 13.6 Å². The second-order valence-electron chi connectivity index (χ2n) is 4.29. The van der Waals surface area contributed by atoms with Crippen molar-refractivity contribution in [1.82, 2.24) is 5.32 Å². The average molecular weight is 219 g/mol. The van der Waals surface area contributed by atoms with Gasteiger partial charge in [0.15, 0.2) is 0 Å². The van der Waals surface area contributed by atoms with Crippen LogP contribution in [0, 0.1) is 0 Å². The monoisotopic (exact) mass is 219 g/mol. The highest BCUT2D eigenvalue weighted by molar-refractivity contribution is 5.92. The molecule has 1 aromatic carbocycles. The molecule has 0 saturated carbocycles. The Kier molecular flexibility index (Phi) is 2.97. The van der Waals surface area contributed by atoms with Crippen LogP contribution in [-0.2, 0) is 11.2 Å². The van der Waals surface area contributed by atoms with E-state index in [-0.39, 0.29) is 11.6 Å². The summed E-state index contributed by atoms with van der Waals surface area (Å²) in [6.07, 6.45) is 1.63. The van der Waals surface area contributed by atoms with Gasteiger partial charge in [0.05, 0.1) is 5.56 Å². The van der Waals surface area contributed by atoms with E-state index in [2.05, 4.69) is 12.2 Å². The first-order chi connectivity index (χ1) is 7.71. The Morgan fingerprint density at radius 1 is 1.44 bits per heavy atom. The van der Waals surface area contributed by atoms with Gasteiger partial charge >= 0.3 is 5.97 Å². The number of likely N-dealkylation sites (N-methyl/N-ethyl adjacent to an activating group) is 1. The molecule has 0 radical (unpaired) electrons. The van der Waals surface area contributed by atoms with Crippen LogP contribution >= 0.6 is 0 Å². The Morgan fingerprint density at radius 2 is 2.19 bits per heavy atom. The fraction of sp³-hybridized carbons (Fsp3) is 0.462. The number of fused-ring (bicyclic) bond motifs is 1. The molecule has 1 heterocycles. The summed E-state index contributed by atoms with van der Waals surface area (Å²) in [6, 6.07) is 7.68. The van der Waals surface area contributed by atoms with Gasteiger partial charge in [0.1, 0.15) is 5.60 Å². The zero-order valence-corrected chi connectivity index (χ0v) is 9.75. The number of ether oxygens (including phenoxy) is 1. The topological polar surface area (TPSA) is 38.3 Å². The van der Waals surface area contributed by atoms with Crippen LogP contribution in [0.4, 0.5) is 0 Å². The summed E-state index contributed by atoms with van der Waals surface area (Å²) < 4.78 is 5.59. The van der Waals surface area contributed by atoms with Gasteiger partial charge in [0.2, 0.25) is 0 Å². The molecule has 0 aromatic heterocycles. The molecule has 3 nitrogen and oxygen atoms in total. The number of carbonyl (C=O) groups excluding carboxylic acids is 1. The number of rotatable bonds is 3. The van der Waals surface area contributed by atoms with Gasteiger partial charge in [0.25, 0.3) is 0 Å².